The third-order valence-electron chi connectivity index (χ3n) is 4.63. The van der Waals surface area contributed by atoms with E-state index in [-0.39, 0.29) is 18.2 Å². The van der Waals surface area contributed by atoms with Gasteiger partial charge in [0.15, 0.2) is 5.69 Å². The van der Waals surface area contributed by atoms with Crippen molar-refractivity contribution in [3.05, 3.63) is 63.7 Å². The minimum Gasteiger partial charge on any atom is -0.322 e. The summed E-state index contributed by atoms with van der Waals surface area (Å²) >= 11 is 11.8. The average Bonchev–Trinajstić information content (AvgIpc) is 3.31. The number of carbonyl (C=O) groups is 1. The lowest BCUT2D eigenvalue weighted by atomic mass is 10.2. The zero-order chi connectivity index (χ0) is 21.5. The van der Waals surface area contributed by atoms with E-state index in [2.05, 4.69) is 15.5 Å². The van der Waals surface area contributed by atoms with Gasteiger partial charge >= 0.3 is 6.18 Å². The summed E-state index contributed by atoms with van der Waals surface area (Å²) in [6.45, 7) is 0.104. The Bertz CT molecular complexity index is 1070. The number of carbonyl (C=O) groups excluding carboxylic acids is 1. The Morgan fingerprint density at radius 3 is 2.53 bits per heavy atom. The van der Waals surface area contributed by atoms with Crippen LogP contribution in [0.5, 0.6) is 0 Å². The molecule has 4 rings (SSSR count). The summed E-state index contributed by atoms with van der Waals surface area (Å²) in [6.07, 6.45) is -0.132. The monoisotopic (exact) mass is 457 g/mol. The second-order valence-electron chi connectivity index (χ2n) is 7.08. The van der Waals surface area contributed by atoms with Gasteiger partial charge in [0, 0.05) is 17.1 Å². The van der Waals surface area contributed by atoms with Gasteiger partial charge in [-0.15, -0.1) is 0 Å². The quantitative estimate of drug-likeness (QED) is 0.568. The highest BCUT2D eigenvalue weighted by Gasteiger charge is 2.42. The van der Waals surface area contributed by atoms with Crippen LogP contribution in [0.25, 0.3) is 0 Å². The normalized spacial score (nSPS) is 14.2. The molecular weight excluding hydrogens is 442 g/mol. The Labute approximate surface area is 179 Å². The number of halogens is 5. The first-order valence-corrected chi connectivity index (χ1v) is 9.86. The maximum absolute atomic E-state index is 13.1. The van der Waals surface area contributed by atoms with Crippen molar-refractivity contribution in [2.24, 2.45) is 0 Å². The molecule has 0 saturated heterocycles. The molecule has 158 valence electrons. The van der Waals surface area contributed by atoms with Crippen molar-refractivity contribution in [3.8, 4) is 0 Å². The van der Waals surface area contributed by atoms with E-state index in [1.54, 1.807) is 23.0 Å². The molecule has 1 fully saturated rings. The van der Waals surface area contributed by atoms with Crippen LogP contribution in [0, 0.1) is 0 Å². The van der Waals surface area contributed by atoms with Crippen molar-refractivity contribution in [3.63, 3.8) is 0 Å². The van der Waals surface area contributed by atoms with Gasteiger partial charge in [-0.05, 0) is 30.5 Å². The highest BCUT2D eigenvalue weighted by Crippen LogP contribution is 2.46. The molecule has 1 aliphatic carbocycles. The Morgan fingerprint density at radius 2 is 1.90 bits per heavy atom. The lowest BCUT2D eigenvalue weighted by molar-refractivity contribution is -0.141. The Balaban J connectivity index is 1.44. The molecule has 1 saturated carbocycles. The smallest absolute Gasteiger partial charge is 0.322 e. The van der Waals surface area contributed by atoms with Gasteiger partial charge in [0.05, 0.1) is 29.1 Å². The zero-order valence-corrected chi connectivity index (χ0v) is 17.0. The average molecular weight is 458 g/mol. The van der Waals surface area contributed by atoms with Crippen molar-refractivity contribution in [2.45, 2.75) is 38.0 Å². The first kappa shape index (κ1) is 20.7. The van der Waals surface area contributed by atoms with E-state index >= 15 is 0 Å². The number of benzene rings is 1. The molecule has 2 heterocycles. The van der Waals surface area contributed by atoms with Crippen LogP contribution in [-0.4, -0.2) is 25.5 Å². The van der Waals surface area contributed by atoms with Crippen LogP contribution in [-0.2, 0) is 24.1 Å². The lowest BCUT2D eigenvalue weighted by Gasteiger charge is -2.07. The van der Waals surface area contributed by atoms with Gasteiger partial charge in [0.2, 0.25) is 5.91 Å². The lowest BCUT2D eigenvalue weighted by Crippen LogP contribution is -2.21. The van der Waals surface area contributed by atoms with Crippen molar-refractivity contribution in [1.82, 2.24) is 19.6 Å². The van der Waals surface area contributed by atoms with Crippen LogP contribution in [0.1, 0.15) is 35.7 Å². The van der Waals surface area contributed by atoms with Gasteiger partial charge in [-0.2, -0.15) is 23.4 Å². The third kappa shape index (κ3) is 4.62. The molecule has 0 spiro atoms. The molecule has 0 aliphatic heterocycles. The molecule has 0 unspecified atom stereocenters. The van der Waals surface area contributed by atoms with Gasteiger partial charge in [0.25, 0.3) is 0 Å². The summed E-state index contributed by atoms with van der Waals surface area (Å²) in [5, 5.41) is 10.6. The molecule has 1 amide bonds. The van der Waals surface area contributed by atoms with Crippen LogP contribution in [0.2, 0.25) is 10.0 Å². The van der Waals surface area contributed by atoms with E-state index in [0.717, 1.165) is 23.1 Å². The fraction of sp³-hybridized carbons (Fsp3) is 0.316. The SMILES string of the molecule is O=C(Cn1nc(C(F)(F)F)c(Cl)c1C1CC1)Nc1cnn(Cc2ccc(Cl)cc2)c1. The molecule has 1 aliphatic rings. The molecule has 6 nitrogen and oxygen atoms in total. The van der Waals surface area contributed by atoms with Crippen molar-refractivity contribution in [1.29, 1.82) is 0 Å². The molecule has 30 heavy (non-hydrogen) atoms. The van der Waals surface area contributed by atoms with Gasteiger partial charge in [-0.1, -0.05) is 35.3 Å². The number of amides is 1. The standard InChI is InChI=1S/C19H16Cl2F3N5O/c20-13-5-1-11(2-6-13)8-28-9-14(7-25-28)26-15(30)10-29-17(12-3-4-12)16(21)18(27-29)19(22,23)24/h1-2,5-7,9,12H,3-4,8,10H2,(H,26,30). The minimum atomic E-state index is -4.68. The molecule has 11 heteroatoms. The van der Waals surface area contributed by atoms with E-state index in [9.17, 15) is 18.0 Å². The first-order valence-electron chi connectivity index (χ1n) is 9.11. The number of hydrogen-bond donors (Lipinski definition) is 1. The molecular formula is C19H16Cl2F3N5O. The molecule has 1 aromatic carbocycles. The highest BCUT2D eigenvalue weighted by molar-refractivity contribution is 6.32. The Kier molecular flexibility index (Phi) is 5.50. The van der Waals surface area contributed by atoms with E-state index in [4.69, 9.17) is 23.2 Å². The van der Waals surface area contributed by atoms with Crippen molar-refractivity contribution >= 4 is 34.8 Å². The van der Waals surface area contributed by atoms with Crippen molar-refractivity contribution < 1.29 is 18.0 Å². The number of nitrogens with one attached hydrogen (secondary N) is 1. The fourth-order valence-electron chi connectivity index (χ4n) is 3.13. The number of aromatic nitrogens is 4. The van der Waals surface area contributed by atoms with Gasteiger partial charge in [-0.3, -0.25) is 14.2 Å². The van der Waals surface area contributed by atoms with Crippen LogP contribution in [0.3, 0.4) is 0 Å². The van der Waals surface area contributed by atoms with Crippen molar-refractivity contribution in [2.75, 3.05) is 5.32 Å². The second kappa shape index (κ2) is 7.96. The van der Waals surface area contributed by atoms with Gasteiger partial charge in [-0.25, -0.2) is 0 Å². The zero-order valence-electron chi connectivity index (χ0n) is 15.5. The summed E-state index contributed by atoms with van der Waals surface area (Å²) in [4.78, 5) is 12.4. The van der Waals surface area contributed by atoms with Gasteiger partial charge in [0.1, 0.15) is 6.54 Å². The second-order valence-corrected chi connectivity index (χ2v) is 7.89. The Morgan fingerprint density at radius 1 is 1.20 bits per heavy atom. The summed E-state index contributed by atoms with van der Waals surface area (Å²) in [5.41, 5.74) is 0.503. The maximum atomic E-state index is 13.1. The number of hydrogen-bond acceptors (Lipinski definition) is 3. The summed E-state index contributed by atoms with van der Waals surface area (Å²) in [5.74, 6) is -0.619. The highest BCUT2D eigenvalue weighted by atomic mass is 35.5. The van der Waals surface area contributed by atoms with E-state index in [1.807, 2.05) is 12.1 Å². The predicted molar refractivity (Wildman–Crippen MR) is 106 cm³/mol. The van der Waals surface area contributed by atoms with Crippen LogP contribution in [0.15, 0.2) is 36.7 Å². The van der Waals surface area contributed by atoms with E-state index in [0.29, 0.717) is 17.3 Å². The first-order chi connectivity index (χ1) is 14.2. The predicted octanol–water partition coefficient (Wildman–Crippen LogP) is 4.97. The third-order valence-corrected chi connectivity index (χ3v) is 5.26. The molecule has 0 radical (unpaired) electrons. The van der Waals surface area contributed by atoms with E-state index in [1.165, 1.54) is 6.20 Å². The molecule has 1 N–H and O–H groups in total. The number of nitrogens with zero attached hydrogens (tertiary/aromatic N) is 4. The van der Waals surface area contributed by atoms with Crippen LogP contribution < -0.4 is 5.32 Å². The van der Waals surface area contributed by atoms with E-state index < -0.39 is 22.8 Å². The Hall–Kier alpha value is -2.52. The molecule has 0 bridgehead atoms. The van der Waals surface area contributed by atoms with Crippen LogP contribution in [0.4, 0.5) is 18.9 Å². The molecule has 3 aromatic rings. The maximum Gasteiger partial charge on any atom is 0.436 e. The van der Waals surface area contributed by atoms with Crippen LogP contribution >= 0.6 is 23.2 Å². The summed E-state index contributed by atoms with van der Waals surface area (Å²) in [7, 11) is 0. The largest absolute Gasteiger partial charge is 0.436 e. The fourth-order valence-corrected chi connectivity index (χ4v) is 3.65. The number of alkyl halides is 3. The summed E-state index contributed by atoms with van der Waals surface area (Å²) in [6, 6.07) is 7.26. The summed E-state index contributed by atoms with van der Waals surface area (Å²) < 4.78 is 42.1. The number of anilines is 1. The van der Waals surface area contributed by atoms with Gasteiger partial charge < -0.3 is 5.32 Å². The number of rotatable bonds is 6. The molecule has 0 atom stereocenters. The topological polar surface area (TPSA) is 64.7 Å². The minimum absolute atomic E-state index is 0.101. The molecule has 2 aromatic heterocycles.